The van der Waals surface area contributed by atoms with Crippen LogP contribution in [0.2, 0.25) is 54.4 Å². The van der Waals surface area contributed by atoms with Crippen LogP contribution in [0.4, 0.5) is 0 Å². The van der Waals surface area contributed by atoms with E-state index < -0.39 is 94.0 Å². The molecule has 0 bridgehead atoms. The number of hydrogen-bond acceptors (Lipinski definition) is 9. The molecular formula is C37H66Cl3NO9Si3. The molecule has 0 radical (unpaired) electrons. The van der Waals surface area contributed by atoms with Crippen LogP contribution in [0.3, 0.4) is 0 Å². The van der Waals surface area contributed by atoms with Gasteiger partial charge in [0, 0.05) is 12.8 Å². The Morgan fingerprint density at radius 3 is 1.68 bits per heavy atom. The summed E-state index contributed by atoms with van der Waals surface area (Å²) in [5.74, 6) is -0.685. The van der Waals surface area contributed by atoms with E-state index in [0.717, 1.165) is 54.4 Å². The summed E-state index contributed by atoms with van der Waals surface area (Å²) in [6, 6.07) is 7.57. The highest BCUT2D eigenvalue weighted by atomic mass is 35.6. The molecule has 0 unspecified atom stereocenters. The van der Waals surface area contributed by atoms with Gasteiger partial charge < -0.3 is 37.5 Å². The fraction of sp³-hybridized carbons (Fsp3) is 0.892. The van der Waals surface area contributed by atoms with Gasteiger partial charge in [-0.3, -0.25) is 9.59 Å². The summed E-state index contributed by atoms with van der Waals surface area (Å²) in [6.45, 7) is 24.7. The van der Waals surface area contributed by atoms with Gasteiger partial charge in [0.1, 0.15) is 29.5 Å². The molecule has 0 aromatic carbocycles. The Labute approximate surface area is 337 Å². The minimum atomic E-state index is -2.64. The molecule has 2 heterocycles. The zero-order valence-electron chi connectivity index (χ0n) is 34.1. The quantitative estimate of drug-likeness (QED) is 0.0424. The average molecular weight is 860 g/mol. The second kappa shape index (κ2) is 18.1. The van der Waals surface area contributed by atoms with Gasteiger partial charge in [0.2, 0.25) is 0 Å². The lowest BCUT2D eigenvalue weighted by molar-refractivity contribution is -0.186. The third kappa shape index (κ3) is 9.41. The maximum Gasteiger partial charge on any atom is 0.303 e. The smallest absolute Gasteiger partial charge is 0.303 e. The summed E-state index contributed by atoms with van der Waals surface area (Å²) in [5.41, 5.74) is -2.78. The number of hydrogen-bond donors (Lipinski definition) is 1. The molecule has 306 valence electrons. The number of esters is 1. The van der Waals surface area contributed by atoms with Crippen molar-refractivity contribution in [3.8, 4) is 12.3 Å². The zero-order valence-corrected chi connectivity index (χ0v) is 39.4. The Hall–Kier alpha value is -0.219. The molecular weight excluding hydrogens is 793 g/mol. The number of terminal acetylenes is 1. The lowest BCUT2D eigenvalue weighted by Gasteiger charge is -2.58. The first-order chi connectivity index (χ1) is 24.7. The Morgan fingerprint density at radius 2 is 1.30 bits per heavy atom. The lowest BCUT2D eigenvalue weighted by atomic mass is 9.61. The van der Waals surface area contributed by atoms with Gasteiger partial charge in [0.05, 0.1) is 19.3 Å². The third-order valence-electron chi connectivity index (χ3n) is 12.9. The van der Waals surface area contributed by atoms with Gasteiger partial charge in [-0.05, 0) is 68.2 Å². The standard InChI is InChI=1S/C37H66Cl3NO9Si3/c1-14-28(46-26(11)42)36(41-33(43)37(38,39)40)29(27-24-44-34(12,13)47-27)30-35(48-30,25-45-51(15-2,16-3)17-4)31(49-52(18-5,19-6)20-7)32(36)50-53(21-8,22-9)23-10/h1,27-32H,15-25H2,2-13H3,(H,41,43)/t27-,28-,29+,30+,31+,32-,35+,36-/m1/s1. The molecule has 3 aliphatic rings. The predicted octanol–water partition coefficient (Wildman–Crippen LogP) is 8.50. The van der Waals surface area contributed by atoms with Crippen LogP contribution in [0.25, 0.3) is 0 Å². The molecule has 0 aromatic rings. The normalized spacial score (nSPS) is 30.6. The van der Waals surface area contributed by atoms with Crippen molar-refractivity contribution >= 4 is 71.6 Å². The fourth-order valence-electron chi connectivity index (χ4n) is 8.78. The van der Waals surface area contributed by atoms with E-state index in [1.165, 1.54) is 6.92 Å². The first-order valence-electron chi connectivity index (χ1n) is 19.7. The Balaban J connectivity index is 2.57. The number of ether oxygens (including phenoxy) is 4. The number of nitrogens with one attached hydrogen (secondary N) is 1. The minimum absolute atomic E-state index is 0.127. The van der Waals surface area contributed by atoms with Crippen LogP contribution >= 0.6 is 34.8 Å². The molecule has 53 heavy (non-hydrogen) atoms. The van der Waals surface area contributed by atoms with Crippen molar-refractivity contribution in [2.75, 3.05) is 13.2 Å². The van der Waals surface area contributed by atoms with Crippen molar-refractivity contribution in [1.82, 2.24) is 5.32 Å². The highest BCUT2D eigenvalue weighted by Gasteiger charge is 2.81. The molecule has 1 saturated carbocycles. The van der Waals surface area contributed by atoms with E-state index in [1.807, 2.05) is 13.8 Å². The van der Waals surface area contributed by atoms with Gasteiger partial charge in [0.25, 0.3) is 9.70 Å². The predicted molar refractivity (Wildman–Crippen MR) is 219 cm³/mol. The van der Waals surface area contributed by atoms with E-state index in [-0.39, 0.29) is 13.2 Å². The van der Waals surface area contributed by atoms with Crippen molar-refractivity contribution in [2.24, 2.45) is 5.92 Å². The minimum Gasteiger partial charge on any atom is -0.447 e. The maximum atomic E-state index is 14.3. The number of epoxide rings is 1. The summed E-state index contributed by atoms with van der Waals surface area (Å²) < 4.78 is 46.0. The van der Waals surface area contributed by atoms with Gasteiger partial charge in [-0.15, -0.1) is 6.42 Å². The molecule has 3 fully saturated rings. The number of halogens is 3. The van der Waals surface area contributed by atoms with E-state index in [1.54, 1.807) is 0 Å². The number of amides is 1. The summed E-state index contributed by atoms with van der Waals surface area (Å²) in [7, 11) is -7.32. The second-order valence-corrected chi connectivity index (χ2v) is 32.0. The van der Waals surface area contributed by atoms with Crippen LogP contribution < -0.4 is 5.32 Å². The Morgan fingerprint density at radius 1 is 0.830 bits per heavy atom. The van der Waals surface area contributed by atoms with E-state index >= 15 is 0 Å². The molecule has 1 aliphatic carbocycles. The van der Waals surface area contributed by atoms with Crippen molar-refractivity contribution < 1.29 is 41.8 Å². The molecule has 3 rings (SSSR count). The van der Waals surface area contributed by atoms with E-state index in [2.05, 4.69) is 73.6 Å². The maximum absolute atomic E-state index is 14.3. The lowest BCUT2D eigenvalue weighted by Crippen LogP contribution is -2.81. The number of rotatable bonds is 20. The van der Waals surface area contributed by atoms with Crippen LogP contribution in [0, 0.1) is 18.3 Å². The molecule has 2 saturated heterocycles. The summed E-state index contributed by atoms with van der Waals surface area (Å²) in [6.07, 6.45) is 1.75. The molecule has 2 aliphatic heterocycles. The van der Waals surface area contributed by atoms with E-state index in [0.29, 0.717) is 0 Å². The van der Waals surface area contributed by atoms with Crippen molar-refractivity contribution in [3.63, 3.8) is 0 Å². The SMILES string of the molecule is C#C[C@@H](OC(C)=O)[C@@]1(NC(=O)C(Cl)(Cl)Cl)[C@@H]([C@H]2COC(C)(C)O2)[C@@H]2O[C@]2(CO[Si](CC)(CC)CC)[C@@H](O[Si](CC)(CC)CC)[C@H]1O[Si](CC)(CC)CC. The molecule has 0 spiro atoms. The molecule has 8 atom stereocenters. The monoisotopic (exact) mass is 857 g/mol. The number of alkyl halides is 3. The van der Waals surface area contributed by atoms with Crippen LogP contribution in [0.15, 0.2) is 0 Å². The van der Waals surface area contributed by atoms with Gasteiger partial charge in [-0.25, -0.2) is 0 Å². The second-order valence-electron chi connectivity index (χ2n) is 15.5. The van der Waals surface area contributed by atoms with Crippen LogP contribution in [-0.4, -0.2) is 101 Å². The number of fused-ring (bicyclic) bond motifs is 1. The third-order valence-corrected chi connectivity index (χ3v) is 27.3. The topological polar surface area (TPSA) is 114 Å². The zero-order chi connectivity index (χ0) is 40.3. The first-order valence-corrected chi connectivity index (χ1v) is 28.5. The van der Waals surface area contributed by atoms with Crippen molar-refractivity contribution in [3.05, 3.63) is 0 Å². The molecule has 1 amide bonds. The largest absolute Gasteiger partial charge is 0.447 e. The van der Waals surface area contributed by atoms with Gasteiger partial charge in [0.15, 0.2) is 36.8 Å². The van der Waals surface area contributed by atoms with Gasteiger partial charge in [-0.1, -0.05) is 103 Å². The number of carbonyl (C=O) groups is 2. The molecule has 0 aromatic heterocycles. The first kappa shape index (κ1) is 47.2. The van der Waals surface area contributed by atoms with Crippen molar-refractivity contribution in [2.45, 2.75) is 189 Å². The van der Waals surface area contributed by atoms with Crippen LogP contribution in [0.1, 0.15) is 83.1 Å². The fourth-order valence-corrected chi connectivity index (χ4v) is 17.3. The summed E-state index contributed by atoms with van der Waals surface area (Å²) in [4.78, 5) is 27.3. The average Bonchev–Trinajstić information content (AvgIpc) is 3.75. The summed E-state index contributed by atoms with van der Waals surface area (Å²) in [5, 5.41) is 3.11. The Bertz CT molecular complexity index is 1280. The molecule has 16 heteroatoms. The van der Waals surface area contributed by atoms with E-state index in [4.69, 9.17) is 73.5 Å². The van der Waals surface area contributed by atoms with Crippen molar-refractivity contribution in [1.29, 1.82) is 0 Å². The highest BCUT2D eigenvalue weighted by Crippen LogP contribution is 2.61. The highest BCUT2D eigenvalue weighted by molar-refractivity contribution is 6.76. The van der Waals surface area contributed by atoms with Gasteiger partial charge >= 0.3 is 5.97 Å². The van der Waals surface area contributed by atoms with Gasteiger partial charge in [-0.2, -0.15) is 0 Å². The van der Waals surface area contributed by atoms with Crippen LogP contribution in [-0.2, 0) is 41.8 Å². The Kier molecular flexibility index (Phi) is 16.1. The molecule has 1 N–H and O–H groups in total. The van der Waals surface area contributed by atoms with Crippen LogP contribution in [0.5, 0.6) is 0 Å². The molecule has 10 nitrogen and oxygen atoms in total. The number of carbonyl (C=O) groups excluding carboxylic acids is 2. The van der Waals surface area contributed by atoms with E-state index in [9.17, 15) is 9.59 Å². The summed E-state index contributed by atoms with van der Waals surface area (Å²) >= 11 is 19.1.